The first-order valence-electron chi connectivity index (χ1n) is 20.2. The van der Waals surface area contributed by atoms with Crippen LogP contribution in [-0.4, -0.2) is 21.8 Å². The Balaban J connectivity index is 1.19. The van der Waals surface area contributed by atoms with Gasteiger partial charge in [-0.05, 0) is 106 Å². The van der Waals surface area contributed by atoms with Crippen LogP contribution in [0.3, 0.4) is 0 Å². The molecule has 0 aliphatic carbocycles. The molecule has 0 radical (unpaired) electrons. The van der Waals surface area contributed by atoms with Crippen LogP contribution < -0.4 is 9.64 Å². The van der Waals surface area contributed by atoms with Crippen LogP contribution in [0.1, 0.15) is 111 Å². The Labute approximate surface area is 344 Å². The molecule has 3 heterocycles. The van der Waals surface area contributed by atoms with Crippen LogP contribution >= 0.6 is 11.8 Å². The fraction of sp³-hybridized carbons (Fsp3) is 0.308. The molecule has 5 heteroatoms. The van der Waals surface area contributed by atoms with Gasteiger partial charge < -0.3 is 4.74 Å². The number of aliphatic imine (C=N–C) groups is 1. The fourth-order valence-corrected chi connectivity index (χ4v) is 9.45. The zero-order chi connectivity index (χ0) is 40.3. The first-order chi connectivity index (χ1) is 27.1. The van der Waals surface area contributed by atoms with Crippen molar-refractivity contribution in [3.63, 3.8) is 0 Å². The molecule has 4 nitrogen and oxygen atoms in total. The summed E-state index contributed by atoms with van der Waals surface area (Å²) < 4.78 is 6.93. The topological polar surface area (TPSA) is 37.7 Å². The normalized spacial score (nSPS) is 16.3. The lowest BCUT2D eigenvalue weighted by molar-refractivity contribution is 0.478. The number of aromatic nitrogens is 1. The average Bonchev–Trinajstić information content (AvgIpc) is 3.65. The predicted molar refractivity (Wildman–Crippen MR) is 242 cm³/mol. The van der Waals surface area contributed by atoms with Gasteiger partial charge in [-0.2, -0.15) is 0 Å². The van der Waals surface area contributed by atoms with Crippen molar-refractivity contribution in [3.8, 4) is 11.5 Å². The molecule has 0 bridgehead atoms. The molecule has 57 heavy (non-hydrogen) atoms. The van der Waals surface area contributed by atoms with Gasteiger partial charge >= 0.3 is 0 Å². The molecule has 0 spiro atoms. The summed E-state index contributed by atoms with van der Waals surface area (Å²) in [4.78, 5) is 12.9. The zero-order valence-corrected chi connectivity index (χ0v) is 36.0. The van der Waals surface area contributed by atoms with Gasteiger partial charge in [0.15, 0.2) is 0 Å². The second-order valence-corrected chi connectivity index (χ2v) is 19.5. The number of pyridine rings is 1. The molecular formula is C52H55N3OS. The van der Waals surface area contributed by atoms with E-state index < -0.39 is 0 Å². The van der Waals surface area contributed by atoms with Crippen LogP contribution in [0.5, 0.6) is 11.5 Å². The highest BCUT2D eigenvalue weighted by molar-refractivity contribution is 8.14. The monoisotopic (exact) mass is 769 g/mol. The van der Waals surface area contributed by atoms with E-state index in [0.29, 0.717) is 0 Å². The van der Waals surface area contributed by atoms with Gasteiger partial charge in [-0.3, -0.25) is 9.89 Å². The Kier molecular flexibility index (Phi) is 9.97. The van der Waals surface area contributed by atoms with Crippen LogP contribution in [0, 0.1) is 13.8 Å². The van der Waals surface area contributed by atoms with E-state index in [1.54, 1.807) is 0 Å². The lowest BCUT2D eigenvalue weighted by Gasteiger charge is -2.42. The maximum absolute atomic E-state index is 6.93. The minimum atomic E-state index is -0.226. The lowest BCUT2D eigenvalue weighted by atomic mass is 9.72. The summed E-state index contributed by atoms with van der Waals surface area (Å²) in [5, 5.41) is 1.07. The third-order valence-corrected chi connectivity index (χ3v) is 12.7. The standard InChI is InChI=1S/C52H55N3OS/c1-33-23-40(55-46-22-21-38(50(3,4)5)29-43(46)52(9,10)44-25-34(2)31-53-48(44)55)30-41(24-33)56-42-27-37(26-39(28-42)51(6,7)8)49-54-45(32-57-49)47(35-17-13-11-14-18-35)36-19-15-12-16-20-36/h11-31,45,47H,32H2,1-10H3/t45-/m0/s1. The van der Waals surface area contributed by atoms with Gasteiger partial charge in [-0.1, -0.05) is 128 Å². The first-order valence-corrected chi connectivity index (χ1v) is 21.2. The van der Waals surface area contributed by atoms with Crippen molar-refractivity contribution in [1.82, 2.24) is 4.98 Å². The molecule has 5 aromatic carbocycles. The molecule has 0 saturated carbocycles. The van der Waals surface area contributed by atoms with E-state index in [4.69, 9.17) is 14.7 Å². The summed E-state index contributed by atoms with van der Waals surface area (Å²) in [7, 11) is 0. The number of benzene rings is 5. The molecule has 0 N–H and O–H groups in total. The summed E-state index contributed by atoms with van der Waals surface area (Å²) in [5.41, 5.74) is 12.9. The Morgan fingerprint density at radius 2 is 1.33 bits per heavy atom. The number of anilines is 3. The molecule has 6 aromatic rings. The summed E-state index contributed by atoms with van der Waals surface area (Å²) in [6.45, 7) is 22.6. The first kappa shape index (κ1) is 38.7. The molecule has 0 saturated heterocycles. The van der Waals surface area contributed by atoms with Crippen LogP contribution in [0.25, 0.3) is 0 Å². The molecule has 1 atom stereocenters. The van der Waals surface area contributed by atoms with Crippen LogP contribution in [-0.2, 0) is 16.2 Å². The molecule has 1 aromatic heterocycles. The number of rotatable bonds is 7. The summed E-state index contributed by atoms with van der Waals surface area (Å²) in [6.07, 6.45) is 1.99. The number of nitrogens with zero attached hydrogens (tertiary/aromatic N) is 3. The Morgan fingerprint density at radius 1 is 0.684 bits per heavy atom. The number of aryl methyl sites for hydroxylation is 2. The molecule has 0 amide bonds. The van der Waals surface area contributed by atoms with Crippen molar-refractivity contribution in [2.45, 2.75) is 97.4 Å². The fourth-order valence-electron chi connectivity index (χ4n) is 8.36. The van der Waals surface area contributed by atoms with E-state index >= 15 is 0 Å². The van der Waals surface area contributed by atoms with Gasteiger partial charge in [0.25, 0.3) is 0 Å². The van der Waals surface area contributed by atoms with E-state index in [9.17, 15) is 0 Å². The summed E-state index contributed by atoms with van der Waals surface area (Å²) in [6, 6.07) is 44.3. The molecule has 290 valence electrons. The van der Waals surface area contributed by atoms with E-state index in [-0.39, 0.29) is 28.2 Å². The Morgan fingerprint density at radius 3 is 1.98 bits per heavy atom. The van der Waals surface area contributed by atoms with Gasteiger partial charge in [0.1, 0.15) is 17.3 Å². The number of thioether (sulfide) groups is 1. The van der Waals surface area contributed by atoms with Gasteiger partial charge in [0, 0.05) is 40.5 Å². The van der Waals surface area contributed by atoms with Gasteiger partial charge in [0.2, 0.25) is 0 Å². The maximum Gasteiger partial charge on any atom is 0.141 e. The number of hydrogen-bond donors (Lipinski definition) is 0. The molecule has 2 aliphatic heterocycles. The Bertz CT molecular complexity index is 2430. The average molecular weight is 770 g/mol. The molecule has 0 unspecified atom stereocenters. The van der Waals surface area contributed by atoms with E-state index in [2.05, 4.69) is 195 Å². The zero-order valence-electron chi connectivity index (χ0n) is 35.1. The third kappa shape index (κ3) is 7.67. The maximum atomic E-state index is 6.93. The molecule has 2 aliphatic rings. The van der Waals surface area contributed by atoms with Crippen molar-refractivity contribution in [1.29, 1.82) is 0 Å². The van der Waals surface area contributed by atoms with Gasteiger partial charge in [0.05, 0.1) is 22.5 Å². The highest BCUT2D eigenvalue weighted by atomic mass is 32.2. The smallest absolute Gasteiger partial charge is 0.141 e. The quantitative estimate of drug-likeness (QED) is 0.162. The summed E-state index contributed by atoms with van der Waals surface area (Å²) >= 11 is 1.85. The largest absolute Gasteiger partial charge is 0.457 e. The SMILES string of the molecule is Cc1cc(Oc2cc(C3=N[C@H](C(c4ccccc4)c4ccccc4)CS3)cc(C(C)(C)C)c2)cc(N2c3ccc(C(C)(C)C)cc3C(C)(C)c3cc(C)cnc32)c1. The predicted octanol–water partition coefficient (Wildman–Crippen LogP) is 13.9. The molecule has 8 rings (SSSR count). The van der Waals surface area contributed by atoms with E-state index in [0.717, 1.165) is 56.2 Å². The van der Waals surface area contributed by atoms with Crippen molar-refractivity contribution < 1.29 is 4.74 Å². The number of ether oxygens (including phenoxy) is 1. The van der Waals surface area contributed by atoms with Crippen molar-refractivity contribution in [3.05, 3.63) is 178 Å². The third-order valence-electron chi connectivity index (χ3n) is 11.6. The Hall–Kier alpha value is -5.13. The van der Waals surface area contributed by atoms with Crippen molar-refractivity contribution in [2.75, 3.05) is 10.7 Å². The molecule has 0 fully saturated rings. The van der Waals surface area contributed by atoms with E-state index in [1.807, 2.05) is 18.0 Å². The lowest BCUT2D eigenvalue weighted by Crippen LogP contribution is -2.32. The molecular weight excluding hydrogens is 715 g/mol. The summed E-state index contributed by atoms with van der Waals surface area (Å²) in [5.74, 6) is 3.67. The van der Waals surface area contributed by atoms with Gasteiger partial charge in [-0.15, -0.1) is 11.8 Å². The van der Waals surface area contributed by atoms with Crippen molar-refractivity contribution >= 4 is 34.0 Å². The van der Waals surface area contributed by atoms with Gasteiger partial charge in [-0.25, -0.2) is 4.98 Å². The van der Waals surface area contributed by atoms with Crippen LogP contribution in [0.4, 0.5) is 17.2 Å². The van der Waals surface area contributed by atoms with Crippen molar-refractivity contribution in [2.24, 2.45) is 4.99 Å². The van der Waals surface area contributed by atoms with Crippen LogP contribution in [0.2, 0.25) is 0 Å². The van der Waals surface area contributed by atoms with Crippen LogP contribution in [0.15, 0.2) is 133 Å². The minimum Gasteiger partial charge on any atom is -0.457 e. The second kappa shape index (κ2) is 14.7. The number of hydrogen-bond acceptors (Lipinski definition) is 5. The second-order valence-electron chi connectivity index (χ2n) is 18.5. The highest BCUT2D eigenvalue weighted by Gasteiger charge is 2.39. The highest BCUT2D eigenvalue weighted by Crippen LogP contribution is 2.52. The van der Waals surface area contributed by atoms with E-state index in [1.165, 1.54) is 33.4 Å². The number of fused-ring (bicyclic) bond motifs is 2. The minimum absolute atomic E-state index is 0.0286.